The fraction of sp³-hybridized carbons (Fsp3) is 0.526. The number of aromatic amines is 1. The summed E-state index contributed by atoms with van der Waals surface area (Å²) in [5.74, 6) is -0.327. The summed E-state index contributed by atoms with van der Waals surface area (Å²) in [6.45, 7) is -0.945. The first kappa shape index (κ1) is 32.2. The minimum absolute atomic E-state index is 0.0348. The van der Waals surface area contributed by atoms with Gasteiger partial charge < -0.3 is 56.7 Å². The van der Waals surface area contributed by atoms with E-state index >= 15 is 0 Å². The Morgan fingerprint density at radius 1 is 0.909 bits per heavy atom. The van der Waals surface area contributed by atoms with Crippen LogP contribution in [0.25, 0.3) is 11.2 Å². The van der Waals surface area contributed by atoms with E-state index in [0.717, 1.165) is 4.57 Å². The van der Waals surface area contributed by atoms with E-state index in [9.17, 15) is 38.3 Å². The van der Waals surface area contributed by atoms with Gasteiger partial charge in [-0.15, -0.1) is 0 Å². The molecule has 0 amide bonds. The third kappa shape index (κ3) is 6.74. The number of anilines is 2. The number of rotatable bonds is 10. The van der Waals surface area contributed by atoms with Crippen LogP contribution in [0.3, 0.4) is 0 Å². The Labute approximate surface area is 244 Å². The molecule has 0 spiro atoms. The van der Waals surface area contributed by atoms with Gasteiger partial charge in [0.2, 0.25) is 5.95 Å². The molecule has 2 aliphatic rings. The largest absolute Gasteiger partial charge is 0.470 e. The van der Waals surface area contributed by atoms with E-state index in [4.69, 9.17) is 46.2 Å². The molecular weight excluding hydrogens is 638 g/mol. The third-order valence-electron chi connectivity index (χ3n) is 6.71. The Morgan fingerprint density at radius 3 is 1.98 bits per heavy atom. The van der Waals surface area contributed by atoms with Gasteiger partial charge >= 0.3 is 21.3 Å². The number of hydrogen-bond donors (Lipinski definition) is 9. The molecule has 242 valence electrons. The van der Waals surface area contributed by atoms with Crippen LogP contribution in [-0.2, 0) is 32.4 Å². The minimum Gasteiger partial charge on any atom is -0.383 e. The number of nitrogens with two attached hydrogens (primary N) is 4. The van der Waals surface area contributed by atoms with Crippen molar-refractivity contribution in [3.05, 3.63) is 39.4 Å². The lowest BCUT2D eigenvalue weighted by Gasteiger charge is -2.23. The van der Waals surface area contributed by atoms with Crippen molar-refractivity contribution in [3.63, 3.8) is 0 Å². The quantitative estimate of drug-likeness (QED) is 0.0929. The SMILES string of the molecule is Nc1ccn(C2OC(COCC3OC(n4cnc5c(=O)[nH]c(N)nc54)C(N)C3OP(=O)(O)O)C(OP(=O)(O)O)C2N)c(=O)n1. The van der Waals surface area contributed by atoms with Crippen LogP contribution in [0.5, 0.6) is 0 Å². The molecule has 3 aromatic rings. The molecule has 3 aromatic heterocycles. The highest BCUT2D eigenvalue weighted by atomic mass is 31.2. The van der Waals surface area contributed by atoms with Crippen molar-refractivity contribution in [2.75, 3.05) is 24.7 Å². The van der Waals surface area contributed by atoms with E-state index in [2.05, 4.69) is 19.9 Å². The Bertz CT molecular complexity index is 1740. The normalized spacial score (nSPS) is 29.5. The molecule has 0 bridgehead atoms. The summed E-state index contributed by atoms with van der Waals surface area (Å²) in [4.78, 5) is 76.3. The van der Waals surface area contributed by atoms with Crippen LogP contribution in [0, 0.1) is 0 Å². The molecule has 0 radical (unpaired) electrons. The van der Waals surface area contributed by atoms with Gasteiger partial charge in [-0.3, -0.25) is 28.0 Å². The minimum atomic E-state index is -5.13. The lowest BCUT2D eigenvalue weighted by Crippen LogP contribution is -2.44. The van der Waals surface area contributed by atoms with Crippen molar-refractivity contribution in [1.82, 2.24) is 29.1 Å². The van der Waals surface area contributed by atoms with Gasteiger partial charge in [-0.25, -0.2) is 18.9 Å². The molecule has 8 unspecified atom stereocenters. The molecule has 2 saturated heterocycles. The smallest absolute Gasteiger partial charge is 0.383 e. The maximum absolute atomic E-state index is 12.4. The number of nitrogens with zero attached hydrogens (tertiary/aromatic N) is 5. The van der Waals surface area contributed by atoms with Crippen LogP contribution in [0.4, 0.5) is 11.8 Å². The topological polar surface area (TPSA) is 364 Å². The number of imidazole rings is 1. The van der Waals surface area contributed by atoms with Gasteiger partial charge in [-0.05, 0) is 6.07 Å². The fourth-order valence-corrected chi connectivity index (χ4v) is 6.11. The van der Waals surface area contributed by atoms with E-state index in [1.807, 2.05) is 0 Å². The van der Waals surface area contributed by atoms with Crippen LogP contribution in [0.2, 0.25) is 0 Å². The molecule has 0 aromatic carbocycles. The lowest BCUT2D eigenvalue weighted by molar-refractivity contribution is -0.0966. The first-order chi connectivity index (χ1) is 20.5. The Balaban J connectivity index is 1.35. The van der Waals surface area contributed by atoms with Gasteiger partial charge in [0.25, 0.3) is 5.56 Å². The lowest BCUT2D eigenvalue weighted by atomic mass is 10.1. The van der Waals surface area contributed by atoms with E-state index in [-0.39, 0.29) is 22.9 Å². The number of fused-ring (bicyclic) bond motifs is 1. The summed E-state index contributed by atoms with van der Waals surface area (Å²) in [6, 6.07) is -1.29. The molecular formula is C19H28N10O13P2. The summed E-state index contributed by atoms with van der Waals surface area (Å²) >= 11 is 0. The zero-order valence-electron chi connectivity index (χ0n) is 22.2. The highest BCUT2D eigenvalue weighted by Crippen LogP contribution is 2.45. The molecule has 25 heteroatoms. The Kier molecular flexibility index (Phi) is 8.78. The predicted molar refractivity (Wildman–Crippen MR) is 144 cm³/mol. The van der Waals surface area contributed by atoms with E-state index in [0.29, 0.717) is 0 Å². The second-order valence-electron chi connectivity index (χ2n) is 9.76. The third-order valence-corrected chi connectivity index (χ3v) is 7.75. The number of hydrogen-bond acceptors (Lipinski definition) is 16. The van der Waals surface area contributed by atoms with Gasteiger partial charge in [0.05, 0.1) is 31.6 Å². The number of nitrogen functional groups attached to an aromatic ring is 2. The summed E-state index contributed by atoms with van der Waals surface area (Å²) in [5.41, 5.74) is 21.9. The van der Waals surface area contributed by atoms with E-state index in [1.54, 1.807) is 0 Å². The van der Waals surface area contributed by atoms with Crippen LogP contribution < -0.4 is 34.2 Å². The fourth-order valence-electron chi connectivity index (χ4n) is 4.93. The van der Waals surface area contributed by atoms with Gasteiger partial charge in [0.1, 0.15) is 30.2 Å². The average Bonchev–Trinajstić information content (AvgIpc) is 3.53. The monoisotopic (exact) mass is 666 g/mol. The Hall–Kier alpha value is -3.15. The van der Waals surface area contributed by atoms with Crippen LogP contribution in [0.1, 0.15) is 12.5 Å². The molecule has 2 aliphatic heterocycles. The highest BCUT2D eigenvalue weighted by Gasteiger charge is 2.50. The first-order valence-corrected chi connectivity index (χ1v) is 15.5. The van der Waals surface area contributed by atoms with Gasteiger partial charge in [-0.2, -0.15) is 9.97 Å². The molecule has 0 aliphatic carbocycles. The van der Waals surface area contributed by atoms with Gasteiger partial charge in [0, 0.05) is 6.20 Å². The predicted octanol–water partition coefficient (Wildman–Crippen LogP) is -4.04. The Morgan fingerprint density at radius 2 is 1.45 bits per heavy atom. The summed E-state index contributed by atoms with van der Waals surface area (Å²) in [5, 5.41) is 0. The van der Waals surface area contributed by atoms with Crippen molar-refractivity contribution in [3.8, 4) is 0 Å². The second kappa shape index (κ2) is 12.0. The molecule has 0 saturated carbocycles. The number of phosphoric ester groups is 2. The number of phosphoric acid groups is 2. The van der Waals surface area contributed by atoms with Crippen LogP contribution in [-0.4, -0.2) is 98.4 Å². The molecule has 23 nitrogen and oxygen atoms in total. The molecule has 5 heterocycles. The standard InChI is InChI=1S/C19H28N10O13P2/c20-8-1-2-28(19(31)25-8)16-9(21)12(41-43(32,33)34)6(39-16)3-38-4-7-13(42-44(35,36)37)10(22)17(40-7)29-5-24-11-14(29)26-18(23)27-15(11)30/h1-2,5-7,9-10,12-13,16-17H,3-4,21-22H2,(H2,20,25,31)(H2,32,33,34)(H2,35,36,37)(H3,23,26,27,30). The van der Waals surface area contributed by atoms with Gasteiger partial charge in [0.15, 0.2) is 23.6 Å². The van der Waals surface area contributed by atoms with Crippen LogP contribution >= 0.6 is 15.6 Å². The molecule has 44 heavy (non-hydrogen) atoms. The molecule has 2 fully saturated rings. The van der Waals surface area contributed by atoms with E-state index < -0.39 is 89.1 Å². The van der Waals surface area contributed by atoms with Crippen molar-refractivity contribution < 1.29 is 52.0 Å². The zero-order valence-corrected chi connectivity index (χ0v) is 24.0. The first-order valence-electron chi connectivity index (χ1n) is 12.5. The number of H-pyrrole nitrogens is 1. The van der Waals surface area contributed by atoms with Crippen molar-refractivity contribution >= 4 is 38.6 Å². The van der Waals surface area contributed by atoms with Crippen molar-refractivity contribution in [2.45, 2.75) is 49.0 Å². The average molecular weight is 666 g/mol. The number of aromatic nitrogens is 6. The number of nitrogens with one attached hydrogen (secondary N) is 1. The van der Waals surface area contributed by atoms with Crippen LogP contribution in [0.15, 0.2) is 28.2 Å². The van der Waals surface area contributed by atoms with Gasteiger partial charge in [-0.1, -0.05) is 0 Å². The zero-order chi connectivity index (χ0) is 32.1. The molecule has 8 atom stereocenters. The highest BCUT2D eigenvalue weighted by molar-refractivity contribution is 7.46. The summed E-state index contributed by atoms with van der Waals surface area (Å²) < 4.78 is 52.6. The summed E-state index contributed by atoms with van der Waals surface area (Å²) in [6.07, 6.45) is -5.68. The summed E-state index contributed by atoms with van der Waals surface area (Å²) in [7, 11) is -10.2. The van der Waals surface area contributed by atoms with E-state index in [1.165, 1.54) is 23.2 Å². The maximum Gasteiger partial charge on any atom is 0.470 e. The molecule has 13 N–H and O–H groups in total. The van der Waals surface area contributed by atoms with Crippen molar-refractivity contribution in [1.29, 1.82) is 0 Å². The second-order valence-corrected chi connectivity index (χ2v) is 12.1. The van der Waals surface area contributed by atoms with Crippen molar-refractivity contribution in [2.24, 2.45) is 11.5 Å². The molecule has 5 rings (SSSR count). The maximum atomic E-state index is 12.4. The number of ether oxygens (including phenoxy) is 3.